The summed E-state index contributed by atoms with van der Waals surface area (Å²) >= 11 is 0. The Labute approximate surface area is 107 Å². The summed E-state index contributed by atoms with van der Waals surface area (Å²) in [6, 6.07) is 0. The molecule has 0 aromatic heterocycles. The molecule has 1 rings (SSSR count). The summed E-state index contributed by atoms with van der Waals surface area (Å²) in [4.78, 5) is 0. The van der Waals surface area contributed by atoms with Crippen molar-refractivity contribution in [3.05, 3.63) is 0 Å². The zero-order chi connectivity index (χ0) is 12.5. The first kappa shape index (κ1) is 15.0. The van der Waals surface area contributed by atoms with Crippen LogP contribution >= 0.6 is 0 Å². The van der Waals surface area contributed by atoms with Crippen LogP contribution in [0.2, 0.25) is 0 Å². The van der Waals surface area contributed by atoms with Crippen molar-refractivity contribution in [2.45, 2.75) is 58.8 Å². The van der Waals surface area contributed by atoms with Gasteiger partial charge in [0.05, 0.1) is 0 Å². The van der Waals surface area contributed by atoms with Gasteiger partial charge in [-0.25, -0.2) is 0 Å². The second kappa shape index (κ2) is 8.93. The molecule has 0 spiro atoms. The van der Waals surface area contributed by atoms with Crippen molar-refractivity contribution in [2.24, 2.45) is 17.8 Å². The third-order valence-electron chi connectivity index (χ3n) is 4.24. The summed E-state index contributed by atoms with van der Waals surface area (Å²) in [7, 11) is 0. The van der Waals surface area contributed by atoms with Crippen LogP contribution < -0.4 is 5.32 Å². The highest BCUT2D eigenvalue weighted by molar-refractivity contribution is 4.72. The Morgan fingerprint density at radius 1 is 1.18 bits per heavy atom. The first-order chi connectivity index (χ1) is 8.26. The van der Waals surface area contributed by atoms with Gasteiger partial charge in [-0.3, -0.25) is 0 Å². The fourth-order valence-corrected chi connectivity index (χ4v) is 2.96. The van der Waals surface area contributed by atoms with Gasteiger partial charge >= 0.3 is 0 Å². The van der Waals surface area contributed by atoms with E-state index in [1.165, 1.54) is 45.1 Å². The molecule has 1 fully saturated rings. The predicted molar refractivity (Wildman–Crippen MR) is 74.1 cm³/mol. The van der Waals surface area contributed by atoms with E-state index in [0.717, 1.165) is 24.8 Å². The van der Waals surface area contributed by atoms with E-state index in [9.17, 15) is 0 Å². The van der Waals surface area contributed by atoms with Crippen molar-refractivity contribution in [3.8, 4) is 0 Å². The summed E-state index contributed by atoms with van der Waals surface area (Å²) in [6.45, 7) is 7.24. The monoisotopic (exact) mass is 241 g/mol. The third kappa shape index (κ3) is 6.42. The molecule has 2 nitrogen and oxygen atoms in total. The van der Waals surface area contributed by atoms with Crippen LogP contribution in [0.4, 0.5) is 0 Å². The molecule has 2 heteroatoms. The van der Waals surface area contributed by atoms with Gasteiger partial charge in [-0.15, -0.1) is 0 Å². The molecule has 0 bridgehead atoms. The fourth-order valence-electron chi connectivity index (χ4n) is 2.96. The summed E-state index contributed by atoms with van der Waals surface area (Å²) in [6.07, 6.45) is 9.09. The molecule has 1 saturated carbocycles. The fraction of sp³-hybridized carbons (Fsp3) is 1.00. The molecule has 0 aromatic rings. The lowest BCUT2D eigenvalue weighted by Gasteiger charge is -2.27. The van der Waals surface area contributed by atoms with Gasteiger partial charge in [0.1, 0.15) is 0 Å². The Morgan fingerprint density at radius 3 is 2.47 bits per heavy atom. The maximum absolute atomic E-state index is 9.01. The van der Waals surface area contributed by atoms with Crippen LogP contribution in [0.3, 0.4) is 0 Å². The Bertz CT molecular complexity index is 170. The molecule has 1 aliphatic rings. The number of rotatable bonds is 8. The van der Waals surface area contributed by atoms with Gasteiger partial charge in [-0.1, -0.05) is 33.1 Å². The zero-order valence-electron chi connectivity index (χ0n) is 11.8. The second-order valence-corrected chi connectivity index (χ2v) is 5.95. The van der Waals surface area contributed by atoms with E-state index < -0.39 is 0 Å². The lowest BCUT2D eigenvalue weighted by Crippen LogP contribution is -2.30. The average Bonchev–Trinajstić information content (AvgIpc) is 2.32. The van der Waals surface area contributed by atoms with Crippen LogP contribution in [0.5, 0.6) is 0 Å². The summed E-state index contributed by atoms with van der Waals surface area (Å²) in [5.74, 6) is 2.53. The van der Waals surface area contributed by atoms with E-state index in [1.807, 2.05) is 0 Å². The second-order valence-electron chi connectivity index (χ2n) is 5.95. The van der Waals surface area contributed by atoms with Crippen LogP contribution in [-0.2, 0) is 0 Å². The zero-order valence-corrected chi connectivity index (χ0v) is 11.8. The standard InChI is InChI=1S/C15H31NO/c1-3-4-14(9-10-17)11-16-12-15-7-5-13(2)6-8-15/h13-17H,3-12H2,1-2H3. The van der Waals surface area contributed by atoms with E-state index in [1.54, 1.807) is 0 Å². The van der Waals surface area contributed by atoms with Crippen LogP contribution in [0.1, 0.15) is 58.8 Å². The van der Waals surface area contributed by atoms with Gasteiger partial charge < -0.3 is 10.4 Å². The molecule has 1 unspecified atom stereocenters. The Morgan fingerprint density at radius 2 is 1.88 bits per heavy atom. The van der Waals surface area contributed by atoms with Crippen LogP contribution in [0, 0.1) is 17.8 Å². The van der Waals surface area contributed by atoms with Gasteiger partial charge in [-0.05, 0) is 56.5 Å². The van der Waals surface area contributed by atoms with E-state index in [-0.39, 0.29) is 0 Å². The minimum absolute atomic E-state index is 0.341. The molecule has 0 aliphatic heterocycles. The molecule has 0 saturated heterocycles. The van der Waals surface area contributed by atoms with E-state index in [4.69, 9.17) is 5.11 Å². The van der Waals surface area contributed by atoms with Gasteiger partial charge in [0.2, 0.25) is 0 Å². The summed E-state index contributed by atoms with van der Waals surface area (Å²) in [5.41, 5.74) is 0. The van der Waals surface area contributed by atoms with Gasteiger partial charge in [-0.2, -0.15) is 0 Å². The topological polar surface area (TPSA) is 32.3 Å². The van der Waals surface area contributed by atoms with Crippen LogP contribution in [0.15, 0.2) is 0 Å². The maximum Gasteiger partial charge on any atom is 0.0434 e. The van der Waals surface area contributed by atoms with Crippen molar-refractivity contribution in [1.82, 2.24) is 5.32 Å². The quantitative estimate of drug-likeness (QED) is 0.684. The molecule has 102 valence electrons. The summed E-state index contributed by atoms with van der Waals surface area (Å²) < 4.78 is 0. The molecule has 17 heavy (non-hydrogen) atoms. The SMILES string of the molecule is CCCC(CCO)CNCC1CCC(C)CC1. The third-order valence-corrected chi connectivity index (χ3v) is 4.24. The van der Waals surface area contributed by atoms with E-state index >= 15 is 0 Å². The van der Waals surface area contributed by atoms with Crippen molar-refractivity contribution in [1.29, 1.82) is 0 Å². The Kier molecular flexibility index (Phi) is 7.87. The highest BCUT2D eigenvalue weighted by Gasteiger charge is 2.18. The highest BCUT2D eigenvalue weighted by atomic mass is 16.3. The Balaban J connectivity index is 2.08. The first-order valence-electron chi connectivity index (χ1n) is 7.57. The van der Waals surface area contributed by atoms with Gasteiger partial charge in [0.25, 0.3) is 0 Å². The molecule has 1 atom stereocenters. The van der Waals surface area contributed by atoms with Gasteiger partial charge in [0.15, 0.2) is 0 Å². The van der Waals surface area contributed by atoms with Gasteiger partial charge in [0, 0.05) is 6.61 Å². The first-order valence-corrected chi connectivity index (χ1v) is 7.57. The van der Waals surface area contributed by atoms with E-state index in [0.29, 0.717) is 12.5 Å². The number of aliphatic hydroxyl groups is 1. The number of nitrogens with one attached hydrogen (secondary N) is 1. The minimum atomic E-state index is 0.341. The molecule has 0 heterocycles. The average molecular weight is 241 g/mol. The summed E-state index contributed by atoms with van der Waals surface area (Å²) in [5, 5.41) is 12.6. The van der Waals surface area contributed by atoms with Crippen LogP contribution in [0.25, 0.3) is 0 Å². The molecule has 1 aliphatic carbocycles. The number of aliphatic hydroxyl groups excluding tert-OH is 1. The molecular formula is C15H31NO. The maximum atomic E-state index is 9.01. The molecule has 0 amide bonds. The van der Waals surface area contributed by atoms with E-state index in [2.05, 4.69) is 19.2 Å². The normalized spacial score (nSPS) is 27.0. The largest absolute Gasteiger partial charge is 0.396 e. The highest BCUT2D eigenvalue weighted by Crippen LogP contribution is 2.27. The smallest absolute Gasteiger partial charge is 0.0434 e. The molecular weight excluding hydrogens is 210 g/mol. The predicted octanol–water partition coefficient (Wildman–Crippen LogP) is 3.20. The molecule has 0 radical (unpaired) electrons. The molecule has 2 N–H and O–H groups in total. The number of hydrogen-bond acceptors (Lipinski definition) is 2. The lowest BCUT2D eigenvalue weighted by molar-refractivity contribution is 0.240. The van der Waals surface area contributed by atoms with Crippen molar-refractivity contribution >= 4 is 0 Å². The van der Waals surface area contributed by atoms with Crippen molar-refractivity contribution in [2.75, 3.05) is 19.7 Å². The Hall–Kier alpha value is -0.0800. The minimum Gasteiger partial charge on any atom is -0.396 e. The van der Waals surface area contributed by atoms with Crippen molar-refractivity contribution in [3.63, 3.8) is 0 Å². The molecule has 0 aromatic carbocycles. The van der Waals surface area contributed by atoms with Crippen molar-refractivity contribution < 1.29 is 5.11 Å². The lowest BCUT2D eigenvalue weighted by atomic mass is 9.83. The van der Waals surface area contributed by atoms with Crippen LogP contribution in [-0.4, -0.2) is 24.8 Å². The number of hydrogen-bond donors (Lipinski definition) is 2.